The van der Waals surface area contributed by atoms with Crippen LogP contribution in [-0.4, -0.2) is 30.8 Å². The highest BCUT2D eigenvalue weighted by molar-refractivity contribution is 5.90. The van der Waals surface area contributed by atoms with Crippen molar-refractivity contribution in [3.05, 3.63) is 48.4 Å². The zero-order chi connectivity index (χ0) is 17.5. The number of carbonyl (C=O) groups is 1. The van der Waals surface area contributed by atoms with Gasteiger partial charge in [0.25, 0.3) is 0 Å². The lowest BCUT2D eigenvalue weighted by atomic mass is 10.1. The fourth-order valence-electron chi connectivity index (χ4n) is 2.39. The van der Waals surface area contributed by atoms with E-state index in [4.69, 9.17) is 4.42 Å². The highest BCUT2D eigenvalue weighted by Crippen LogP contribution is 2.20. The van der Waals surface area contributed by atoms with Crippen LogP contribution in [0.3, 0.4) is 0 Å². The summed E-state index contributed by atoms with van der Waals surface area (Å²) >= 11 is 0. The molecule has 2 unspecified atom stereocenters. The van der Waals surface area contributed by atoms with Crippen LogP contribution < -0.4 is 15.5 Å². The number of hydrogen-bond donors (Lipinski definition) is 3. The number of nitrogens with zero attached hydrogens (tertiary/aromatic N) is 1. The summed E-state index contributed by atoms with van der Waals surface area (Å²) in [6.45, 7) is 4.79. The van der Waals surface area contributed by atoms with Crippen molar-refractivity contribution in [1.82, 2.24) is 5.32 Å². The number of aliphatic hydroxyl groups is 1. The Morgan fingerprint density at radius 2 is 2.12 bits per heavy atom. The molecule has 3 N–H and O–H groups in total. The van der Waals surface area contributed by atoms with Crippen molar-refractivity contribution in [2.24, 2.45) is 0 Å². The average molecular weight is 331 g/mol. The molecule has 1 aromatic heterocycles. The first-order valence-corrected chi connectivity index (χ1v) is 8.09. The maximum absolute atomic E-state index is 12.1. The van der Waals surface area contributed by atoms with E-state index in [9.17, 15) is 9.90 Å². The van der Waals surface area contributed by atoms with E-state index in [1.807, 2.05) is 38.2 Å². The third-order valence-electron chi connectivity index (χ3n) is 3.85. The first kappa shape index (κ1) is 17.9. The summed E-state index contributed by atoms with van der Waals surface area (Å²) in [4.78, 5) is 14.2. The molecular weight excluding hydrogens is 306 g/mol. The quantitative estimate of drug-likeness (QED) is 0.727. The summed E-state index contributed by atoms with van der Waals surface area (Å²) in [6.07, 6.45) is 1.15. The lowest BCUT2D eigenvalue weighted by Crippen LogP contribution is -2.37. The molecule has 2 atom stereocenters. The molecule has 2 amide bonds. The van der Waals surface area contributed by atoms with E-state index < -0.39 is 6.10 Å². The summed E-state index contributed by atoms with van der Waals surface area (Å²) in [6, 6.07) is 10.6. The smallest absolute Gasteiger partial charge is 0.319 e. The number of benzene rings is 1. The number of urea groups is 1. The molecule has 0 aliphatic heterocycles. The third-order valence-corrected chi connectivity index (χ3v) is 3.85. The van der Waals surface area contributed by atoms with E-state index in [-0.39, 0.29) is 12.1 Å². The van der Waals surface area contributed by atoms with Crippen molar-refractivity contribution < 1.29 is 14.3 Å². The highest BCUT2D eigenvalue weighted by Gasteiger charge is 2.16. The first-order valence-electron chi connectivity index (χ1n) is 8.09. The number of anilines is 2. The van der Waals surface area contributed by atoms with Crippen molar-refractivity contribution in [2.45, 2.75) is 32.4 Å². The van der Waals surface area contributed by atoms with Crippen molar-refractivity contribution in [2.75, 3.05) is 23.8 Å². The Morgan fingerprint density at radius 3 is 2.79 bits per heavy atom. The molecule has 6 heteroatoms. The fraction of sp³-hybridized carbons (Fsp3) is 0.389. The van der Waals surface area contributed by atoms with Crippen LogP contribution in [0.4, 0.5) is 16.2 Å². The van der Waals surface area contributed by atoms with Crippen LogP contribution in [0.2, 0.25) is 0 Å². The van der Waals surface area contributed by atoms with E-state index >= 15 is 0 Å². The van der Waals surface area contributed by atoms with Crippen LogP contribution in [0, 0.1) is 0 Å². The van der Waals surface area contributed by atoms with Crippen molar-refractivity contribution >= 4 is 17.4 Å². The van der Waals surface area contributed by atoms with Crippen LogP contribution >= 0.6 is 0 Å². The summed E-state index contributed by atoms with van der Waals surface area (Å²) in [5, 5.41) is 15.7. The molecular formula is C18H25N3O3. The Morgan fingerprint density at radius 1 is 1.33 bits per heavy atom. The van der Waals surface area contributed by atoms with E-state index in [1.54, 1.807) is 12.1 Å². The molecule has 0 saturated carbocycles. The normalized spacial score (nSPS) is 13.2. The predicted molar refractivity (Wildman–Crippen MR) is 95.3 cm³/mol. The standard InChI is InChI=1S/C18H25N3O3/c1-4-21(3)15-8-5-7-14(12-15)20-18(23)19-13(2)11-16(22)17-9-6-10-24-17/h5-10,12-13,16,22H,4,11H2,1-3H3,(H2,19,20,23). The number of hydrogen-bond acceptors (Lipinski definition) is 4. The van der Waals surface area contributed by atoms with Gasteiger partial charge in [-0.2, -0.15) is 0 Å². The van der Waals surface area contributed by atoms with Gasteiger partial charge in [0, 0.05) is 37.4 Å². The van der Waals surface area contributed by atoms with Crippen molar-refractivity contribution in [3.63, 3.8) is 0 Å². The van der Waals surface area contributed by atoms with Crippen LogP contribution in [0.1, 0.15) is 32.1 Å². The number of aliphatic hydroxyl groups excluding tert-OH is 1. The molecule has 0 spiro atoms. The lowest BCUT2D eigenvalue weighted by Gasteiger charge is -2.19. The number of amides is 2. The number of carbonyl (C=O) groups excluding carboxylic acids is 1. The molecule has 0 aliphatic rings. The average Bonchev–Trinajstić information content (AvgIpc) is 3.08. The highest BCUT2D eigenvalue weighted by atomic mass is 16.4. The fourth-order valence-corrected chi connectivity index (χ4v) is 2.39. The molecule has 130 valence electrons. The van der Waals surface area contributed by atoms with Crippen LogP contribution in [0.5, 0.6) is 0 Å². The molecule has 0 aliphatic carbocycles. The van der Waals surface area contributed by atoms with Gasteiger partial charge in [0.15, 0.2) is 0 Å². The van der Waals surface area contributed by atoms with Gasteiger partial charge in [-0.3, -0.25) is 0 Å². The first-order chi connectivity index (χ1) is 11.5. The van der Waals surface area contributed by atoms with Gasteiger partial charge in [-0.1, -0.05) is 6.07 Å². The summed E-state index contributed by atoms with van der Waals surface area (Å²) in [7, 11) is 2.00. The minimum Gasteiger partial charge on any atom is -0.467 e. The molecule has 0 saturated heterocycles. The van der Waals surface area contributed by atoms with E-state index in [0.717, 1.165) is 17.9 Å². The van der Waals surface area contributed by atoms with Crippen LogP contribution in [0.25, 0.3) is 0 Å². The van der Waals surface area contributed by atoms with Crippen LogP contribution in [-0.2, 0) is 0 Å². The topological polar surface area (TPSA) is 77.7 Å². The second-order valence-corrected chi connectivity index (χ2v) is 5.83. The van der Waals surface area contributed by atoms with Gasteiger partial charge in [0.05, 0.1) is 6.26 Å². The minimum absolute atomic E-state index is 0.202. The predicted octanol–water partition coefficient (Wildman–Crippen LogP) is 3.37. The molecule has 24 heavy (non-hydrogen) atoms. The van der Waals surface area contributed by atoms with Gasteiger partial charge >= 0.3 is 6.03 Å². The molecule has 6 nitrogen and oxygen atoms in total. The monoisotopic (exact) mass is 331 g/mol. The van der Waals surface area contributed by atoms with Crippen molar-refractivity contribution in [3.8, 4) is 0 Å². The number of rotatable bonds is 7. The molecule has 1 aromatic carbocycles. The SMILES string of the molecule is CCN(C)c1cccc(NC(=O)NC(C)CC(O)c2ccco2)c1. The van der Waals surface area contributed by atoms with Crippen LogP contribution in [0.15, 0.2) is 47.1 Å². The molecule has 0 bridgehead atoms. The van der Waals surface area contributed by atoms with Gasteiger partial charge < -0.3 is 25.1 Å². The second kappa shape index (κ2) is 8.40. The largest absolute Gasteiger partial charge is 0.467 e. The number of furan rings is 1. The lowest BCUT2D eigenvalue weighted by molar-refractivity contribution is 0.130. The molecule has 2 aromatic rings. The second-order valence-electron chi connectivity index (χ2n) is 5.83. The molecule has 0 fully saturated rings. The Hall–Kier alpha value is -2.47. The Bertz CT molecular complexity index is 643. The third kappa shape index (κ3) is 5.03. The van der Waals surface area contributed by atoms with E-state index in [2.05, 4.69) is 22.5 Å². The van der Waals surface area contributed by atoms with E-state index in [1.165, 1.54) is 6.26 Å². The molecule has 2 rings (SSSR count). The van der Waals surface area contributed by atoms with E-state index in [0.29, 0.717) is 12.2 Å². The zero-order valence-electron chi connectivity index (χ0n) is 14.3. The van der Waals surface area contributed by atoms with Crippen molar-refractivity contribution in [1.29, 1.82) is 0 Å². The Kier molecular flexibility index (Phi) is 6.26. The minimum atomic E-state index is -0.739. The van der Waals surface area contributed by atoms with Gasteiger partial charge in [-0.15, -0.1) is 0 Å². The summed E-state index contributed by atoms with van der Waals surface area (Å²) < 4.78 is 5.16. The Labute approximate surface area is 142 Å². The Balaban J connectivity index is 1.86. The maximum Gasteiger partial charge on any atom is 0.319 e. The maximum atomic E-state index is 12.1. The number of nitrogens with one attached hydrogen (secondary N) is 2. The van der Waals surface area contributed by atoms with Gasteiger partial charge in [0.1, 0.15) is 11.9 Å². The summed E-state index contributed by atoms with van der Waals surface area (Å²) in [5.74, 6) is 0.499. The molecule has 0 radical (unpaired) electrons. The van der Waals surface area contributed by atoms with Gasteiger partial charge in [-0.05, 0) is 44.2 Å². The van der Waals surface area contributed by atoms with Gasteiger partial charge in [0.2, 0.25) is 0 Å². The molecule has 1 heterocycles. The summed E-state index contributed by atoms with van der Waals surface area (Å²) in [5.41, 5.74) is 1.76. The van der Waals surface area contributed by atoms with Gasteiger partial charge in [-0.25, -0.2) is 4.79 Å². The zero-order valence-corrected chi connectivity index (χ0v) is 14.3.